The molecule has 1 aromatic carbocycles. The molecule has 6 nitrogen and oxygen atoms in total. The number of likely N-dealkylation sites (tertiary alicyclic amines) is 1. The van der Waals surface area contributed by atoms with E-state index < -0.39 is 0 Å². The quantitative estimate of drug-likeness (QED) is 0.562. The maximum absolute atomic E-state index is 12.1. The van der Waals surface area contributed by atoms with E-state index in [0.29, 0.717) is 5.56 Å². The molecule has 7 heteroatoms. The van der Waals surface area contributed by atoms with Crippen molar-refractivity contribution in [2.45, 2.75) is 33.1 Å². The van der Waals surface area contributed by atoms with Crippen LogP contribution >= 0.6 is 12.2 Å². The van der Waals surface area contributed by atoms with E-state index >= 15 is 0 Å². The second-order valence-corrected chi connectivity index (χ2v) is 6.93. The lowest BCUT2D eigenvalue weighted by molar-refractivity contribution is -0.125. The summed E-state index contributed by atoms with van der Waals surface area (Å²) < 4.78 is 0. The summed E-state index contributed by atoms with van der Waals surface area (Å²) in [6.45, 7) is 6.68. The van der Waals surface area contributed by atoms with E-state index in [4.69, 9.17) is 12.2 Å². The Morgan fingerprint density at radius 3 is 2.40 bits per heavy atom. The van der Waals surface area contributed by atoms with Crippen molar-refractivity contribution < 1.29 is 9.59 Å². The number of nitrogens with one attached hydrogen (secondary N) is 3. The second-order valence-electron chi connectivity index (χ2n) is 6.53. The fourth-order valence-electron chi connectivity index (χ4n) is 2.77. The Morgan fingerprint density at radius 2 is 1.76 bits per heavy atom. The van der Waals surface area contributed by atoms with Crippen LogP contribution in [0.3, 0.4) is 0 Å². The smallest absolute Gasteiger partial charge is 0.257 e. The summed E-state index contributed by atoms with van der Waals surface area (Å²) in [5.41, 5.74) is 6.75. The third-order valence-electron chi connectivity index (χ3n) is 4.27. The SMILES string of the molecule is Cc1ccc(C(=O)NC(=S)NNC(=O)C(C)CN2CCCCC2)cc1. The summed E-state index contributed by atoms with van der Waals surface area (Å²) in [4.78, 5) is 26.5. The van der Waals surface area contributed by atoms with E-state index in [1.807, 2.05) is 26.0 Å². The van der Waals surface area contributed by atoms with Gasteiger partial charge in [0.1, 0.15) is 0 Å². The molecular weight excluding hydrogens is 336 g/mol. The fraction of sp³-hybridized carbons (Fsp3) is 0.500. The van der Waals surface area contributed by atoms with E-state index in [0.717, 1.165) is 25.2 Å². The lowest BCUT2D eigenvalue weighted by Gasteiger charge is -2.28. The number of amides is 2. The highest BCUT2D eigenvalue weighted by molar-refractivity contribution is 7.80. The van der Waals surface area contributed by atoms with Crippen molar-refractivity contribution in [3.8, 4) is 0 Å². The third-order valence-corrected chi connectivity index (χ3v) is 4.47. The molecule has 136 valence electrons. The van der Waals surface area contributed by atoms with Gasteiger partial charge < -0.3 is 4.90 Å². The molecule has 1 atom stereocenters. The highest BCUT2D eigenvalue weighted by Crippen LogP contribution is 2.10. The van der Waals surface area contributed by atoms with E-state index in [-0.39, 0.29) is 22.8 Å². The number of aryl methyl sites for hydroxylation is 1. The zero-order valence-corrected chi connectivity index (χ0v) is 15.6. The minimum atomic E-state index is -0.312. The Balaban J connectivity index is 1.72. The molecule has 3 N–H and O–H groups in total. The summed E-state index contributed by atoms with van der Waals surface area (Å²) in [5, 5.41) is 2.62. The predicted molar refractivity (Wildman–Crippen MR) is 102 cm³/mol. The molecule has 0 bridgehead atoms. The Bertz CT molecular complexity index is 612. The van der Waals surface area contributed by atoms with Gasteiger partial charge in [0.25, 0.3) is 5.91 Å². The molecule has 0 radical (unpaired) electrons. The van der Waals surface area contributed by atoms with Crippen molar-refractivity contribution in [3.63, 3.8) is 0 Å². The summed E-state index contributed by atoms with van der Waals surface area (Å²) in [7, 11) is 0. The average Bonchev–Trinajstić information content (AvgIpc) is 2.61. The van der Waals surface area contributed by atoms with Gasteiger partial charge >= 0.3 is 0 Å². The van der Waals surface area contributed by atoms with Crippen LogP contribution in [-0.4, -0.2) is 41.5 Å². The number of carbonyl (C=O) groups excluding carboxylic acids is 2. The standard InChI is InChI=1S/C18H26N4O2S/c1-13-6-8-15(9-7-13)17(24)19-18(25)21-20-16(23)14(2)12-22-10-4-3-5-11-22/h6-9,14H,3-5,10-12H2,1-2H3,(H,20,23)(H2,19,21,24,25). The first-order valence-corrected chi connectivity index (χ1v) is 9.06. The Kier molecular flexibility index (Phi) is 7.33. The molecule has 1 aliphatic rings. The average molecular weight is 362 g/mol. The van der Waals surface area contributed by atoms with Crippen LogP contribution in [0.15, 0.2) is 24.3 Å². The third kappa shape index (κ3) is 6.43. The van der Waals surface area contributed by atoms with Crippen LogP contribution in [0.25, 0.3) is 0 Å². The van der Waals surface area contributed by atoms with Gasteiger partial charge in [-0.3, -0.25) is 25.8 Å². The van der Waals surface area contributed by atoms with E-state index in [2.05, 4.69) is 21.1 Å². The summed E-state index contributed by atoms with van der Waals surface area (Å²) in [5.74, 6) is -0.605. The topological polar surface area (TPSA) is 73.5 Å². The number of nitrogens with zero attached hydrogens (tertiary/aromatic N) is 1. The summed E-state index contributed by atoms with van der Waals surface area (Å²) in [6.07, 6.45) is 3.66. The van der Waals surface area contributed by atoms with Crippen molar-refractivity contribution in [3.05, 3.63) is 35.4 Å². The number of hydrogen-bond acceptors (Lipinski definition) is 4. The van der Waals surface area contributed by atoms with Gasteiger partial charge in [0, 0.05) is 18.0 Å². The largest absolute Gasteiger partial charge is 0.303 e. The predicted octanol–water partition coefficient (Wildman–Crippen LogP) is 1.75. The second kappa shape index (κ2) is 9.48. The number of benzene rings is 1. The maximum atomic E-state index is 12.1. The molecule has 2 amide bonds. The van der Waals surface area contributed by atoms with Gasteiger partial charge in [0.05, 0.1) is 0 Å². The van der Waals surface area contributed by atoms with Gasteiger partial charge in [-0.1, -0.05) is 31.0 Å². The van der Waals surface area contributed by atoms with Crippen LogP contribution in [0.2, 0.25) is 0 Å². The fourth-order valence-corrected chi connectivity index (χ4v) is 2.91. The zero-order chi connectivity index (χ0) is 18.2. The van der Waals surface area contributed by atoms with E-state index in [1.165, 1.54) is 19.3 Å². The number of rotatable bonds is 4. The van der Waals surface area contributed by atoms with Gasteiger partial charge in [0.2, 0.25) is 5.91 Å². The molecule has 25 heavy (non-hydrogen) atoms. The van der Waals surface area contributed by atoms with Gasteiger partial charge in [-0.25, -0.2) is 0 Å². The maximum Gasteiger partial charge on any atom is 0.257 e. The molecule has 1 aliphatic heterocycles. The molecule has 1 heterocycles. The van der Waals surface area contributed by atoms with Crippen molar-refractivity contribution in [2.75, 3.05) is 19.6 Å². The van der Waals surface area contributed by atoms with Crippen LogP contribution in [0, 0.1) is 12.8 Å². The van der Waals surface area contributed by atoms with Crippen LogP contribution in [0.1, 0.15) is 42.1 Å². The van der Waals surface area contributed by atoms with Gasteiger partial charge in [-0.2, -0.15) is 0 Å². The highest BCUT2D eigenvalue weighted by Gasteiger charge is 2.19. The highest BCUT2D eigenvalue weighted by atomic mass is 32.1. The molecule has 0 spiro atoms. The van der Waals surface area contributed by atoms with Crippen LogP contribution in [0.5, 0.6) is 0 Å². The first-order valence-electron chi connectivity index (χ1n) is 8.66. The first kappa shape index (κ1) is 19.3. The normalized spacial score (nSPS) is 15.9. The molecular formula is C18H26N4O2S. The molecule has 0 aromatic heterocycles. The van der Waals surface area contributed by atoms with Crippen LogP contribution < -0.4 is 16.2 Å². The lowest BCUT2D eigenvalue weighted by atomic mass is 10.1. The van der Waals surface area contributed by atoms with E-state index in [9.17, 15) is 9.59 Å². The summed E-state index contributed by atoms with van der Waals surface area (Å²) in [6, 6.07) is 7.17. The van der Waals surface area contributed by atoms with Crippen molar-refractivity contribution in [1.29, 1.82) is 0 Å². The molecule has 1 aromatic rings. The zero-order valence-electron chi connectivity index (χ0n) is 14.8. The van der Waals surface area contributed by atoms with Crippen molar-refractivity contribution in [2.24, 2.45) is 5.92 Å². The molecule has 0 saturated carbocycles. The van der Waals surface area contributed by atoms with E-state index in [1.54, 1.807) is 12.1 Å². The molecule has 1 fully saturated rings. The summed E-state index contributed by atoms with van der Waals surface area (Å²) >= 11 is 5.05. The number of thiocarbonyl (C=S) groups is 1. The number of carbonyl (C=O) groups is 2. The molecule has 1 unspecified atom stereocenters. The Hall–Kier alpha value is -1.99. The van der Waals surface area contributed by atoms with Crippen molar-refractivity contribution in [1.82, 2.24) is 21.1 Å². The molecule has 0 aliphatic carbocycles. The molecule has 1 saturated heterocycles. The monoisotopic (exact) mass is 362 g/mol. The first-order chi connectivity index (χ1) is 12.0. The lowest BCUT2D eigenvalue weighted by Crippen LogP contribution is -2.51. The van der Waals surface area contributed by atoms with Crippen LogP contribution in [-0.2, 0) is 4.79 Å². The Labute approximate surface area is 154 Å². The Morgan fingerprint density at radius 1 is 1.12 bits per heavy atom. The minimum Gasteiger partial charge on any atom is -0.303 e. The number of piperidine rings is 1. The molecule has 2 rings (SSSR count). The van der Waals surface area contributed by atoms with Gasteiger partial charge in [0.15, 0.2) is 5.11 Å². The van der Waals surface area contributed by atoms with Crippen LogP contribution in [0.4, 0.5) is 0 Å². The van der Waals surface area contributed by atoms with Gasteiger partial charge in [-0.15, -0.1) is 0 Å². The number of hydrazine groups is 1. The van der Waals surface area contributed by atoms with Crippen molar-refractivity contribution >= 4 is 29.1 Å². The number of hydrogen-bond donors (Lipinski definition) is 3. The van der Waals surface area contributed by atoms with Gasteiger partial charge in [-0.05, 0) is 57.2 Å². The minimum absolute atomic E-state index is 0.0732.